The van der Waals surface area contributed by atoms with Crippen LogP contribution in [0.4, 0.5) is 0 Å². The average molecular weight is 312 g/mol. The lowest BCUT2D eigenvalue weighted by Crippen LogP contribution is -2.36. The summed E-state index contributed by atoms with van der Waals surface area (Å²) in [5, 5.41) is 16.1. The number of aromatic hydroxyl groups is 1. The van der Waals surface area contributed by atoms with Crippen LogP contribution < -0.4 is 5.32 Å². The van der Waals surface area contributed by atoms with Gasteiger partial charge in [-0.1, -0.05) is 47.6 Å². The van der Waals surface area contributed by atoms with E-state index in [1.165, 1.54) is 11.8 Å². The number of benzene rings is 2. The van der Waals surface area contributed by atoms with Crippen LogP contribution in [-0.4, -0.2) is 29.9 Å². The first-order valence-electron chi connectivity index (χ1n) is 7.42. The molecule has 5 heteroatoms. The van der Waals surface area contributed by atoms with Crippen molar-refractivity contribution >= 4 is 12.1 Å². The second kappa shape index (κ2) is 8.58. The molecule has 0 aromatic heterocycles. The highest BCUT2D eigenvalue weighted by atomic mass is 16.6. The van der Waals surface area contributed by atoms with Crippen molar-refractivity contribution in [3.8, 4) is 5.75 Å². The zero-order valence-electron chi connectivity index (χ0n) is 13.0. The summed E-state index contributed by atoms with van der Waals surface area (Å²) in [6, 6.07) is 16.7. The van der Waals surface area contributed by atoms with E-state index in [4.69, 9.17) is 4.84 Å². The van der Waals surface area contributed by atoms with Gasteiger partial charge in [-0.05, 0) is 31.0 Å². The quantitative estimate of drug-likeness (QED) is 0.609. The summed E-state index contributed by atoms with van der Waals surface area (Å²) in [5.41, 5.74) is 1.70. The maximum Gasteiger partial charge on any atom is 0.260 e. The molecule has 2 N–H and O–H groups in total. The Morgan fingerprint density at radius 1 is 1.22 bits per heavy atom. The second-order valence-electron chi connectivity index (χ2n) is 5.23. The van der Waals surface area contributed by atoms with Crippen LogP contribution in [-0.2, 0) is 16.1 Å². The molecule has 0 aliphatic rings. The Labute approximate surface area is 135 Å². The minimum Gasteiger partial charge on any atom is -0.507 e. The summed E-state index contributed by atoms with van der Waals surface area (Å²) in [6.45, 7) is 1.78. The number of nitrogens with one attached hydrogen (secondary N) is 1. The molecule has 120 valence electrons. The van der Waals surface area contributed by atoms with Crippen LogP contribution >= 0.6 is 0 Å². The van der Waals surface area contributed by atoms with Gasteiger partial charge in [-0.25, -0.2) is 0 Å². The summed E-state index contributed by atoms with van der Waals surface area (Å²) in [5.74, 6) is -0.122. The fourth-order valence-electron chi connectivity index (χ4n) is 2.12. The Balaban J connectivity index is 1.72. The third kappa shape index (κ3) is 5.82. The van der Waals surface area contributed by atoms with Crippen molar-refractivity contribution in [3.63, 3.8) is 0 Å². The monoisotopic (exact) mass is 312 g/mol. The predicted molar refractivity (Wildman–Crippen MR) is 89.4 cm³/mol. The molecule has 1 unspecified atom stereocenters. The molecule has 1 atom stereocenters. The highest BCUT2D eigenvalue weighted by molar-refractivity contribution is 5.83. The van der Waals surface area contributed by atoms with E-state index in [9.17, 15) is 9.90 Å². The third-order valence-electron chi connectivity index (χ3n) is 3.19. The first kappa shape index (κ1) is 16.5. The number of amides is 1. The number of rotatable bonds is 7. The number of nitrogens with zero attached hydrogens (tertiary/aromatic N) is 1. The molecule has 0 aliphatic carbocycles. The molecule has 0 radical (unpaired) electrons. The van der Waals surface area contributed by atoms with Gasteiger partial charge in [-0.3, -0.25) is 4.79 Å². The van der Waals surface area contributed by atoms with Crippen molar-refractivity contribution in [2.45, 2.75) is 19.4 Å². The van der Waals surface area contributed by atoms with E-state index in [2.05, 4.69) is 10.5 Å². The Hall–Kier alpha value is -2.82. The van der Waals surface area contributed by atoms with Crippen molar-refractivity contribution < 1.29 is 14.7 Å². The van der Waals surface area contributed by atoms with Crippen LogP contribution in [0.25, 0.3) is 0 Å². The van der Waals surface area contributed by atoms with E-state index < -0.39 is 0 Å². The molecule has 0 heterocycles. The number of phenols is 1. The van der Waals surface area contributed by atoms with Crippen molar-refractivity contribution in [1.29, 1.82) is 0 Å². The lowest BCUT2D eigenvalue weighted by molar-refractivity contribution is -0.126. The summed E-state index contributed by atoms with van der Waals surface area (Å²) in [7, 11) is 0. The average Bonchev–Trinajstić information content (AvgIpc) is 2.54. The number of phenolic OH excluding ortho intramolecular Hbond substituents is 1. The Morgan fingerprint density at radius 2 is 1.91 bits per heavy atom. The van der Waals surface area contributed by atoms with Crippen LogP contribution in [0.2, 0.25) is 0 Å². The minimum absolute atomic E-state index is 0.00986. The lowest BCUT2D eigenvalue weighted by atomic mass is 10.1. The zero-order valence-corrected chi connectivity index (χ0v) is 13.0. The Bertz CT molecular complexity index is 656. The number of para-hydroxylation sites is 1. The molecule has 2 aromatic rings. The van der Waals surface area contributed by atoms with E-state index in [0.717, 1.165) is 6.42 Å². The van der Waals surface area contributed by atoms with Crippen LogP contribution in [0.5, 0.6) is 5.75 Å². The van der Waals surface area contributed by atoms with Gasteiger partial charge in [-0.2, -0.15) is 0 Å². The number of carbonyl (C=O) groups is 1. The molecular weight excluding hydrogens is 292 g/mol. The first-order valence-corrected chi connectivity index (χ1v) is 7.42. The number of hydrogen-bond donors (Lipinski definition) is 2. The highest BCUT2D eigenvalue weighted by Crippen LogP contribution is 2.12. The standard InChI is InChI=1S/C18H20N2O3/c1-14(11-15-7-3-2-4-8-15)20-18(22)13-23-19-12-16-9-5-6-10-17(16)21/h2-10,12,14,21H,11,13H2,1H3,(H,20,22). The van der Waals surface area contributed by atoms with Crippen molar-refractivity contribution in [3.05, 3.63) is 65.7 Å². The molecular formula is C18H20N2O3. The topological polar surface area (TPSA) is 70.9 Å². The van der Waals surface area contributed by atoms with E-state index in [1.54, 1.807) is 24.3 Å². The third-order valence-corrected chi connectivity index (χ3v) is 3.19. The van der Waals surface area contributed by atoms with Gasteiger partial charge in [0.2, 0.25) is 0 Å². The van der Waals surface area contributed by atoms with Gasteiger partial charge in [-0.15, -0.1) is 0 Å². The van der Waals surface area contributed by atoms with Gasteiger partial charge in [0.05, 0.1) is 6.21 Å². The van der Waals surface area contributed by atoms with Gasteiger partial charge in [0.1, 0.15) is 5.75 Å². The van der Waals surface area contributed by atoms with Gasteiger partial charge in [0.25, 0.3) is 5.91 Å². The summed E-state index contributed by atoms with van der Waals surface area (Å²) in [6.07, 6.45) is 2.13. The number of hydrogen-bond acceptors (Lipinski definition) is 4. The van der Waals surface area contributed by atoms with Gasteiger partial charge < -0.3 is 15.3 Å². The molecule has 0 aliphatic heterocycles. The molecule has 23 heavy (non-hydrogen) atoms. The molecule has 0 saturated heterocycles. The predicted octanol–water partition coefficient (Wildman–Crippen LogP) is 2.49. The molecule has 0 fully saturated rings. The lowest BCUT2D eigenvalue weighted by Gasteiger charge is -2.13. The van der Waals surface area contributed by atoms with Crippen LogP contribution in [0.15, 0.2) is 59.8 Å². The highest BCUT2D eigenvalue weighted by Gasteiger charge is 2.08. The first-order chi connectivity index (χ1) is 11.1. The second-order valence-corrected chi connectivity index (χ2v) is 5.23. The Kier molecular flexibility index (Phi) is 6.17. The van der Waals surface area contributed by atoms with E-state index in [1.807, 2.05) is 37.3 Å². The fourth-order valence-corrected chi connectivity index (χ4v) is 2.12. The van der Waals surface area contributed by atoms with E-state index >= 15 is 0 Å². The number of carbonyl (C=O) groups excluding carboxylic acids is 1. The van der Waals surface area contributed by atoms with Crippen LogP contribution in [0, 0.1) is 0 Å². The van der Waals surface area contributed by atoms with Crippen molar-refractivity contribution in [2.24, 2.45) is 5.16 Å². The normalized spacial score (nSPS) is 12.0. The van der Waals surface area contributed by atoms with Crippen molar-refractivity contribution in [1.82, 2.24) is 5.32 Å². The largest absolute Gasteiger partial charge is 0.507 e. The van der Waals surface area contributed by atoms with Crippen LogP contribution in [0.1, 0.15) is 18.1 Å². The molecule has 0 spiro atoms. The maximum atomic E-state index is 11.8. The maximum absolute atomic E-state index is 11.8. The Morgan fingerprint density at radius 3 is 2.65 bits per heavy atom. The molecule has 0 saturated carbocycles. The summed E-state index contributed by atoms with van der Waals surface area (Å²) in [4.78, 5) is 16.7. The van der Waals surface area contributed by atoms with E-state index in [0.29, 0.717) is 5.56 Å². The molecule has 5 nitrogen and oxygen atoms in total. The molecule has 2 rings (SSSR count). The minimum atomic E-state index is -0.233. The number of oxime groups is 1. The molecule has 0 bridgehead atoms. The van der Waals surface area contributed by atoms with Gasteiger partial charge >= 0.3 is 0 Å². The SMILES string of the molecule is CC(Cc1ccccc1)NC(=O)CON=Cc1ccccc1O. The smallest absolute Gasteiger partial charge is 0.260 e. The summed E-state index contributed by atoms with van der Waals surface area (Å²) < 4.78 is 0. The zero-order chi connectivity index (χ0) is 16.5. The van der Waals surface area contributed by atoms with E-state index in [-0.39, 0.29) is 24.3 Å². The fraction of sp³-hybridized carbons (Fsp3) is 0.222. The van der Waals surface area contributed by atoms with Gasteiger partial charge in [0.15, 0.2) is 6.61 Å². The van der Waals surface area contributed by atoms with Gasteiger partial charge in [0, 0.05) is 11.6 Å². The van der Waals surface area contributed by atoms with Crippen LogP contribution in [0.3, 0.4) is 0 Å². The molecule has 1 amide bonds. The van der Waals surface area contributed by atoms with Crippen molar-refractivity contribution in [2.75, 3.05) is 6.61 Å². The summed E-state index contributed by atoms with van der Waals surface area (Å²) >= 11 is 0. The molecule has 2 aromatic carbocycles.